The summed E-state index contributed by atoms with van der Waals surface area (Å²) in [4.78, 5) is 0. The topological polar surface area (TPSA) is 0 Å². The van der Waals surface area contributed by atoms with E-state index < -0.39 is 11.7 Å². The highest BCUT2D eigenvalue weighted by molar-refractivity contribution is 6.20. The van der Waals surface area contributed by atoms with Gasteiger partial charge in [0.25, 0.3) is 0 Å². The Hall–Kier alpha value is -0.700. The second-order valence-electron chi connectivity index (χ2n) is 3.00. The first-order chi connectivity index (χ1) is 6.45. The van der Waals surface area contributed by atoms with Crippen molar-refractivity contribution in [3.05, 3.63) is 35.4 Å². The molecule has 1 unspecified atom stereocenters. The summed E-state index contributed by atoms with van der Waals surface area (Å²) in [5, 5.41) is -0.350. The number of hydrogen-bond donors (Lipinski definition) is 0. The number of rotatable bonds is 2. The van der Waals surface area contributed by atoms with Gasteiger partial charge in [-0.05, 0) is 18.1 Å². The average molecular weight is 223 g/mol. The van der Waals surface area contributed by atoms with Crippen LogP contribution in [-0.4, -0.2) is 0 Å². The predicted molar refractivity (Wildman–Crippen MR) is 50.3 cm³/mol. The van der Waals surface area contributed by atoms with Gasteiger partial charge in [-0.1, -0.05) is 25.1 Å². The van der Waals surface area contributed by atoms with Gasteiger partial charge in [-0.25, -0.2) is 0 Å². The maximum absolute atomic E-state index is 12.3. The Morgan fingerprint density at radius 3 is 2.50 bits per heavy atom. The lowest BCUT2D eigenvalue weighted by atomic mass is 10.1. The minimum Gasteiger partial charge on any atom is -0.166 e. The van der Waals surface area contributed by atoms with E-state index in [2.05, 4.69) is 0 Å². The number of halogens is 4. The molecule has 1 atom stereocenters. The molecule has 0 bridgehead atoms. The summed E-state index contributed by atoms with van der Waals surface area (Å²) in [5.41, 5.74) is -0.127. The van der Waals surface area contributed by atoms with Crippen LogP contribution in [0, 0.1) is 0 Å². The SMILES string of the molecule is CCC(Cl)c1cccc(C(F)(F)F)c1. The largest absolute Gasteiger partial charge is 0.416 e. The molecule has 0 aromatic heterocycles. The lowest BCUT2D eigenvalue weighted by molar-refractivity contribution is -0.137. The molecule has 0 radical (unpaired) electrons. The first kappa shape index (κ1) is 11.4. The van der Waals surface area contributed by atoms with Crippen molar-refractivity contribution in [1.82, 2.24) is 0 Å². The lowest BCUT2D eigenvalue weighted by Crippen LogP contribution is -2.05. The fourth-order valence-corrected chi connectivity index (χ4v) is 1.28. The maximum atomic E-state index is 12.3. The molecule has 0 amide bonds. The zero-order valence-corrected chi connectivity index (χ0v) is 8.36. The molecule has 0 heterocycles. The van der Waals surface area contributed by atoms with Gasteiger partial charge in [0.1, 0.15) is 0 Å². The van der Waals surface area contributed by atoms with Gasteiger partial charge in [-0.3, -0.25) is 0 Å². The Morgan fingerprint density at radius 1 is 1.36 bits per heavy atom. The summed E-state index contributed by atoms with van der Waals surface area (Å²) in [6.07, 6.45) is -3.68. The van der Waals surface area contributed by atoms with E-state index in [9.17, 15) is 13.2 Å². The summed E-state index contributed by atoms with van der Waals surface area (Å²) < 4.78 is 36.9. The molecule has 0 N–H and O–H groups in total. The second kappa shape index (κ2) is 4.22. The van der Waals surface area contributed by atoms with Crippen molar-refractivity contribution < 1.29 is 13.2 Å². The Kier molecular flexibility index (Phi) is 3.43. The summed E-state index contributed by atoms with van der Waals surface area (Å²) in [7, 11) is 0. The molecule has 0 aliphatic rings. The third-order valence-corrected chi connectivity index (χ3v) is 2.49. The van der Waals surface area contributed by atoms with Crippen LogP contribution >= 0.6 is 11.6 Å². The van der Waals surface area contributed by atoms with Crippen molar-refractivity contribution in [2.24, 2.45) is 0 Å². The van der Waals surface area contributed by atoms with Crippen molar-refractivity contribution in [1.29, 1.82) is 0 Å². The third kappa shape index (κ3) is 2.64. The Labute approximate surface area is 85.7 Å². The van der Waals surface area contributed by atoms with Gasteiger partial charge in [0, 0.05) is 0 Å². The highest BCUT2D eigenvalue weighted by atomic mass is 35.5. The van der Waals surface area contributed by atoms with Gasteiger partial charge in [-0.2, -0.15) is 13.2 Å². The average Bonchev–Trinajstić information content (AvgIpc) is 2.15. The van der Waals surface area contributed by atoms with Crippen molar-refractivity contribution in [2.75, 3.05) is 0 Å². The van der Waals surface area contributed by atoms with Crippen LogP contribution in [0.2, 0.25) is 0 Å². The van der Waals surface area contributed by atoms with E-state index in [-0.39, 0.29) is 5.38 Å². The normalized spacial score (nSPS) is 14.1. The van der Waals surface area contributed by atoms with Crippen LogP contribution in [0.15, 0.2) is 24.3 Å². The molecule has 4 heteroatoms. The van der Waals surface area contributed by atoms with Gasteiger partial charge >= 0.3 is 6.18 Å². The number of benzene rings is 1. The molecule has 0 aliphatic carbocycles. The van der Waals surface area contributed by atoms with E-state index in [1.165, 1.54) is 6.07 Å². The summed E-state index contributed by atoms with van der Waals surface area (Å²) in [6, 6.07) is 5.13. The fraction of sp³-hybridized carbons (Fsp3) is 0.400. The van der Waals surface area contributed by atoms with E-state index in [1.54, 1.807) is 6.07 Å². The van der Waals surface area contributed by atoms with Gasteiger partial charge in [0.15, 0.2) is 0 Å². The second-order valence-corrected chi connectivity index (χ2v) is 3.53. The molecule has 0 aliphatic heterocycles. The van der Waals surface area contributed by atoms with Crippen LogP contribution < -0.4 is 0 Å². The molecule has 1 aromatic carbocycles. The number of alkyl halides is 4. The van der Waals surface area contributed by atoms with E-state index in [0.29, 0.717) is 12.0 Å². The first-order valence-corrected chi connectivity index (χ1v) is 4.70. The van der Waals surface area contributed by atoms with Crippen molar-refractivity contribution in [3.63, 3.8) is 0 Å². The lowest BCUT2D eigenvalue weighted by Gasteiger charge is -2.11. The zero-order chi connectivity index (χ0) is 10.8. The van der Waals surface area contributed by atoms with E-state index >= 15 is 0 Å². The van der Waals surface area contributed by atoms with Crippen molar-refractivity contribution in [2.45, 2.75) is 24.9 Å². The molecule has 1 rings (SSSR count). The van der Waals surface area contributed by atoms with E-state index in [4.69, 9.17) is 11.6 Å². The highest BCUT2D eigenvalue weighted by Crippen LogP contribution is 2.32. The van der Waals surface area contributed by atoms with Crippen LogP contribution in [0.4, 0.5) is 13.2 Å². The highest BCUT2D eigenvalue weighted by Gasteiger charge is 2.30. The molecule has 0 saturated carbocycles. The quantitative estimate of drug-likeness (QED) is 0.651. The molecule has 0 saturated heterocycles. The Balaban J connectivity index is 3.01. The first-order valence-electron chi connectivity index (χ1n) is 4.26. The molecule has 1 aromatic rings. The van der Waals surface area contributed by atoms with Gasteiger partial charge in [0.05, 0.1) is 10.9 Å². The van der Waals surface area contributed by atoms with E-state index in [0.717, 1.165) is 12.1 Å². The standard InChI is InChI=1S/C10H10ClF3/c1-2-9(11)7-4-3-5-8(6-7)10(12,13)14/h3-6,9H,2H2,1H3. The van der Waals surface area contributed by atoms with Crippen molar-refractivity contribution >= 4 is 11.6 Å². The fourth-order valence-electron chi connectivity index (χ4n) is 1.15. The molecule has 0 spiro atoms. The Morgan fingerprint density at radius 2 is 2.00 bits per heavy atom. The minimum atomic E-state index is -4.29. The molecule has 0 fully saturated rings. The summed E-state index contributed by atoms with van der Waals surface area (Å²) in [6.45, 7) is 1.83. The van der Waals surface area contributed by atoms with Crippen LogP contribution in [0.5, 0.6) is 0 Å². The van der Waals surface area contributed by atoms with Crippen molar-refractivity contribution in [3.8, 4) is 0 Å². The smallest absolute Gasteiger partial charge is 0.166 e. The third-order valence-electron chi connectivity index (χ3n) is 1.93. The molecule has 78 valence electrons. The molecule has 0 nitrogen and oxygen atoms in total. The maximum Gasteiger partial charge on any atom is 0.416 e. The Bertz CT molecular complexity index is 306. The van der Waals surface area contributed by atoms with Crippen LogP contribution in [0.1, 0.15) is 29.8 Å². The minimum absolute atomic E-state index is 0.350. The monoisotopic (exact) mass is 222 g/mol. The van der Waals surface area contributed by atoms with Crippen LogP contribution in [0.25, 0.3) is 0 Å². The van der Waals surface area contributed by atoms with Gasteiger partial charge in [0.2, 0.25) is 0 Å². The zero-order valence-electron chi connectivity index (χ0n) is 7.61. The predicted octanol–water partition coefficient (Wildman–Crippen LogP) is 4.40. The van der Waals surface area contributed by atoms with E-state index in [1.807, 2.05) is 6.92 Å². The van der Waals surface area contributed by atoms with Gasteiger partial charge in [-0.15, -0.1) is 11.6 Å². The summed E-state index contributed by atoms with van der Waals surface area (Å²) in [5.74, 6) is 0. The van der Waals surface area contributed by atoms with Gasteiger partial charge < -0.3 is 0 Å². The molecule has 14 heavy (non-hydrogen) atoms. The van der Waals surface area contributed by atoms with Crippen LogP contribution in [-0.2, 0) is 6.18 Å². The number of hydrogen-bond acceptors (Lipinski definition) is 0. The summed E-state index contributed by atoms with van der Waals surface area (Å²) >= 11 is 5.85. The molecular weight excluding hydrogens is 213 g/mol. The molecular formula is C10H10ClF3. The van der Waals surface area contributed by atoms with Crippen LogP contribution in [0.3, 0.4) is 0 Å².